The highest BCUT2D eigenvalue weighted by atomic mass is 32.2. The Kier molecular flexibility index (Phi) is 6.41. The van der Waals surface area contributed by atoms with Gasteiger partial charge < -0.3 is 0 Å². The molecule has 24 heavy (non-hydrogen) atoms. The van der Waals surface area contributed by atoms with E-state index in [0.29, 0.717) is 23.7 Å². The Morgan fingerprint density at radius 1 is 1.17 bits per heavy atom. The minimum absolute atomic E-state index is 0.241. The fourth-order valence-corrected chi connectivity index (χ4v) is 3.30. The van der Waals surface area contributed by atoms with E-state index in [-0.39, 0.29) is 5.91 Å². The van der Waals surface area contributed by atoms with Gasteiger partial charge in [0.1, 0.15) is 5.01 Å². The first kappa shape index (κ1) is 18.5. The number of hydrogen-bond donors (Lipinski definition) is 2. The van der Waals surface area contributed by atoms with Crippen LogP contribution in [0.25, 0.3) is 0 Å². The van der Waals surface area contributed by atoms with Gasteiger partial charge >= 0.3 is 0 Å². The van der Waals surface area contributed by atoms with Crippen LogP contribution in [0, 0.1) is 0 Å². The molecule has 0 saturated heterocycles. The van der Waals surface area contributed by atoms with Gasteiger partial charge in [0.05, 0.1) is 6.26 Å². The van der Waals surface area contributed by atoms with Crippen LogP contribution in [0.5, 0.6) is 0 Å². The van der Waals surface area contributed by atoms with E-state index in [0.717, 1.165) is 29.7 Å². The van der Waals surface area contributed by atoms with Crippen LogP contribution in [0.2, 0.25) is 0 Å². The van der Waals surface area contributed by atoms with Crippen LogP contribution in [0.3, 0.4) is 0 Å². The molecule has 130 valence electrons. The molecule has 1 heterocycles. The highest BCUT2D eigenvalue weighted by molar-refractivity contribution is 7.88. The lowest BCUT2D eigenvalue weighted by Crippen LogP contribution is -2.24. The number of aryl methyl sites for hydroxylation is 1. The van der Waals surface area contributed by atoms with Crippen LogP contribution in [-0.4, -0.2) is 37.3 Å². The first-order chi connectivity index (χ1) is 11.4. The van der Waals surface area contributed by atoms with E-state index in [9.17, 15) is 13.2 Å². The number of nitrogens with zero attached hydrogens (tertiary/aromatic N) is 2. The van der Waals surface area contributed by atoms with Crippen LogP contribution in [0.1, 0.15) is 34.3 Å². The van der Waals surface area contributed by atoms with Gasteiger partial charge in [-0.1, -0.05) is 30.4 Å². The molecule has 0 unspecified atom stereocenters. The van der Waals surface area contributed by atoms with Gasteiger partial charge in [0, 0.05) is 18.5 Å². The predicted octanol–water partition coefficient (Wildman–Crippen LogP) is 1.83. The Bertz CT molecular complexity index is 785. The molecule has 1 aromatic carbocycles. The summed E-state index contributed by atoms with van der Waals surface area (Å²) >= 11 is 1.38. The van der Waals surface area contributed by atoms with E-state index in [4.69, 9.17) is 0 Å². The van der Waals surface area contributed by atoms with E-state index in [2.05, 4.69) is 27.2 Å². The van der Waals surface area contributed by atoms with Gasteiger partial charge in [-0.25, -0.2) is 13.1 Å². The quantitative estimate of drug-likeness (QED) is 0.740. The van der Waals surface area contributed by atoms with Crippen molar-refractivity contribution in [3.8, 4) is 0 Å². The lowest BCUT2D eigenvalue weighted by Gasteiger charge is -2.05. The molecule has 0 aliphatic heterocycles. The summed E-state index contributed by atoms with van der Waals surface area (Å²) in [6.07, 6.45) is 3.52. The smallest absolute Gasteiger partial charge is 0.257 e. The molecule has 0 spiro atoms. The molecule has 1 aromatic heterocycles. The average molecular weight is 368 g/mol. The van der Waals surface area contributed by atoms with Gasteiger partial charge in [-0.05, 0) is 30.5 Å². The molecule has 2 N–H and O–H groups in total. The molecule has 0 saturated carbocycles. The number of hydrogen-bond acceptors (Lipinski definition) is 6. The number of benzene rings is 1. The van der Waals surface area contributed by atoms with Crippen molar-refractivity contribution in [2.75, 3.05) is 18.1 Å². The molecule has 7 nitrogen and oxygen atoms in total. The van der Waals surface area contributed by atoms with E-state index >= 15 is 0 Å². The van der Waals surface area contributed by atoms with E-state index in [1.54, 1.807) is 12.1 Å². The number of carbonyl (C=O) groups is 1. The number of rotatable bonds is 8. The van der Waals surface area contributed by atoms with Crippen molar-refractivity contribution >= 4 is 32.4 Å². The van der Waals surface area contributed by atoms with Crippen LogP contribution < -0.4 is 10.0 Å². The van der Waals surface area contributed by atoms with Crippen molar-refractivity contribution in [2.45, 2.75) is 26.2 Å². The highest BCUT2D eigenvalue weighted by Crippen LogP contribution is 2.17. The van der Waals surface area contributed by atoms with Gasteiger partial charge in [0.15, 0.2) is 0 Å². The molecular formula is C15H20N4O3S2. The molecule has 0 aliphatic rings. The summed E-state index contributed by atoms with van der Waals surface area (Å²) in [6.45, 7) is 2.39. The average Bonchev–Trinajstić information content (AvgIpc) is 2.94. The number of sulfonamides is 1. The zero-order valence-corrected chi connectivity index (χ0v) is 15.2. The Labute approximate surface area is 145 Å². The maximum Gasteiger partial charge on any atom is 0.257 e. The van der Waals surface area contributed by atoms with Crippen molar-refractivity contribution in [1.29, 1.82) is 0 Å². The molecule has 2 aromatic rings. The summed E-state index contributed by atoms with van der Waals surface area (Å²) in [4.78, 5) is 12.2. The van der Waals surface area contributed by atoms with Crippen LogP contribution in [0.15, 0.2) is 24.3 Å². The maximum atomic E-state index is 12.2. The first-order valence-corrected chi connectivity index (χ1v) is 10.3. The summed E-state index contributed by atoms with van der Waals surface area (Å²) in [7, 11) is -3.18. The molecular weight excluding hydrogens is 348 g/mol. The Balaban J connectivity index is 1.90. The minimum atomic E-state index is -3.18. The van der Waals surface area contributed by atoms with Crippen LogP contribution in [0.4, 0.5) is 5.13 Å². The molecule has 1 amide bonds. The third-order valence-corrected chi connectivity index (χ3v) is 4.77. The van der Waals surface area contributed by atoms with Gasteiger partial charge in [-0.15, -0.1) is 10.2 Å². The van der Waals surface area contributed by atoms with Crippen molar-refractivity contribution in [3.63, 3.8) is 0 Å². The number of carbonyl (C=O) groups excluding carboxylic acids is 1. The van der Waals surface area contributed by atoms with Crippen molar-refractivity contribution < 1.29 is 13.2 Å². The summed E-state index contributed by atoms with van der Waals surface area (Å²) < 4.78 is 24.4. The Morgan fingerprint density at radius 2 is 1.88 bits per heavy atom. The van der Waals surface area contributed by atoms with Crippen molar-refractivity contribution in [3.05, 3.63) is 40.4 Å². The lowest BCUT2D eigenvalue weighted by molar-refractivity contribution is 0.102. The Morgan fingerprint density at radius 3 is 2.50 bits per heavy atom. The molecule has 0 fully saturated rings. The number of nitrogens with one attached hydrogen (secondary N) is 2. The van der Waals surface area contributed by atoms with Crippen molar-refractivity contribution in [1.82, 2.24) is 14.9 Å². The Hall–Kier alpha value is -1.84. The number of amides is 1. The molecule has 0 bridgehead atoms. The topological polar surface area (TPSA) is 101 Å². The second kappa shape index (κ2) is 8.32. The standard InChI is InChI=1S/C15H20N4O3S2/c1-3-4-13-18-19-15(23-13)17-14(20)12-7-5-11(6-8-12)9-10-16-24(2,21)22/h5-8,16H,3-4,9-10H2,1-2H3,(H,17,19,20). The second-order valence-corrected chi connectivity index (χ2v) is 8.21. The molecule has 0 radical (unpaired) electrons. The zero-order valence-electron chi connectivity index (χ0n) is 13.6. The van der Waals surface area contributed by atoms with Gasteiger partial charge in [0.25, 0.3) is 5.91 Å². The number of aromatic nitrogens is 2. The van der Waals surface area contributed by atoms with Crippen LogP contribution >= 0.6 is 11.3 Å². The van der Waals surface area contributed by atoms with E-state index in [1.165, 1.54) is 11.3 Å². The van der Waals surface area contributed by atoms with E-state index in [1.807, 2.05) is 12.1 Å². The predicted molar refractivity (Wildman–Crippen MR) is 94.8 cm³/mol. The third-order valence-electron chi connectivity index (χ3n) is 3.15. The molecule has 0 atom stereocenters. The SMILES string of the molecule is CCCc1nnc(NC(=O)c2ccc(CCNS(C)(=O)=O)cc2)s1. The fourth-order valence-electron chi connectivity index (χ4n) is 1.99. The summed E-state index contributed by atoms with van der Waals surface area (Å²) in [6, 6.07) is 7.03. The largest absolute Gasteiger partial charge is 0.296 e. The summed E-state index contributed by atoms with van der Waals surface area (Å²) in [5, 5.41) is 12.1. The third kappa shape index (κ3) is 5.99. The summed E-state index contributed by atoms with van der Waals surface area (Å²) in [5.41, 5.74) is 1.46. The van der Waals surface area contributed by atoms with Gasteiger partial charge in [0.2, 0.25) is 15.2 Å². The molecule has 0 aliphatic carbocycles. The maximum absolute atomic E-state index is 12.2. The zero-order chi connectivity index (χ0) is 17.6. The second-order valence-electron chi connectivity index (χ2n) is 5.32. The lowest BCUT2D eigenvalue weighted by atomic mass is 10.1. The van der Waals surface area contributed by atoms with Gasteiger partial charge in [-0.2, -0.15) is 0 Å². The summed E-state index contributed by atoms with van der Waals surface area (Å²) in [5.74, 6) is -0.241. The monoisotopic (exact) mass is 368 g/mol. The molecule has 2 rings (SSSR count). The minimum Gasteiger partial charge on any atom is -0.296 e. The van der Waals surface area contributed by atoms with Crippen molar-refractivity contribution in [2.24, 2.45) is 0 Å². The number of anilines is 1. The van der Waals surface area contributed by atoms with E-state index < -0.39 is 10.0 Å². The normalized spacial score (nSPS) is 11.4. The molecule has 9 heteroatoms. The van der Waals surface area contributed by atoms with Gasteiger partial charge in [-0.3, -0.25) is 10.1 Å². The first-order valence-electron chi connectivity index (χ1n) is 7.54. The fraction of sp³-hybridized carbons (Fsp3) is 0.400. The van der Waals surface area contributed by atoms with Crippen LogP contribution in [-0.2, 0) is 22.9 Å². The highest BCUT2D eigenvalue weighted by Gasteiger charge is 2.10.